The highest BCUT2D eigenvalue weighted by atomic mass is 35.5. The number of aromatic nitrogens is 1. The maximum atomic E-state index is 12.8. The summed E-state index contributed by atoms with van der Waals surface area (Å²) in [5.41, 5.74) is 13.6. The van der Waals surface area contributed by atoms with Gasteiger partial charge in [0.25, 0.3) is 0 Å². The molecule has 0 bridgehead atoms. The third kappa shape index (κ3) is 66.9. The number of halogens is 18. The van der Waals surface area contributed by atoms with E-state index in [0.717, 1.165) is 143 Å². The Morgan fingerprint density at radius 3 is 0.889 bits per heavy atom. The van der Waals surface area contributed by atoms with Gasteiger partial charge >= 0.3 is 18.5 Å². The summed E-state index contributed by atoms with van der Waals surface area (Å²) in [6.45, 7) is 54.9. The van der Waals surface area contributed by atoms with E-state index in [1.165, 1.54) is 126 Å². The smallest absolute Gasteiger partial charge is 0.258 e. The van der Waals surface area contributed by atoms with Gasteiger partial charge in [-0.25, -0.2) is 30.7 Å². The van der Waals surface area contributed by atoms with Gasteiger partial charge in [0.15, 0.2) is 11.6 Å². The van der Waals surface area contributed by atoms with Crippen molar-refractivity contribution in [1.29, 1.82) is 0 Å². The number of hydrogen-bond donors (Lipinski definition) is 0. The molecule has 792 valence electrons. The van der Waals surface area contributed by atoms with Gasteiger partial charge in [-0.2, -0.15) is 39.5 Å². The molecule has 12 rings (SSSR count). The average molecular weight is 2050 g/mol. The second kappa shape index (κ2) is 70.8. The Labute approximate surface area is 864 Å². The van der Waals surface area contributed by atoms with Crippen molar-refractivity contribution in [2.75, 3.05) is 0 Å². The molecular weight excluding hydrogens is 1890 g/mol. The van der Waals surface area contributed by atoms with E-state index in [1.54, 1.807) is 73.7 Å². The highest BCUT2D eigenvalue weighted by Crippen LogP contribution is 2.33. The van der Waals surface area contributed by atoms with Gasteiger partial charge in [0.05, 0.1) is 27.9 Å². The van der Waals surface area contributed by atoms with Crippen LogP contribution < -0.4 is 0 Å². The fraction of sp³-hybridized carbons (Fsp3) is 0.432. The number of aryl methyl sites for hydroxylation is 3. The van der Waals surface area contributed by atoms with Crippen molar-refractivity contribution >= 4 is 23.2 Å². The molecule has 0 saturated heterocycles. The molecule has 0 saturated carbocycles. The van der Waals surface area contributed by atoms with Crippen molar-refractivity contribution in [3.05, 3.63) is 419 Å². The Morgan fingerprint density at radius 2 is 0.542 bits per heavy atom. The summed E-state index contributed by atoms with van der Waals surface area (Å²) >= 11 is 11.4. The summed E-state index contributed by atoms with van der Waals surface area (Å²) in [7, 11) is 0. The first-order valence-electron chi connectivity index (χ1n) is 50.2. The van der Waals surface area contributed by atoms with Gasteiger partial charge in [-0.3, -0.25) is 4.98 Å². The predicted octanol–water partition coefficient (Wildman–Crippen LogP) is 40.4. The Balaban J connectivity index is 0.000000786. The van der Waals surface area contributed by atoms with Crippen LogP contribution in [0.15, 0.2) is 273 Å². The van der Waals surface area contributed by atoms with Crippen molar-refractivity contribution in [1.82, 2.24) is 4.98 Å². The average Bonchev–Trinajstić information content (AvgIpc) is 0.853. The van der Waals surface area contributed by atoms with Crippen LogP contribution in [0.25, 0.3) is 0 Å². The summed E-state index contributed by atoms with van der Waals surface area (Å²) in [5.74, 6) is 4.45. The molecule has 0 radical (unpaired) electrons. The minimum absolute atomic E-state index is 0.109. The monoisotopic (exact) mass is 2050 g/mol. The fourth-order valence-corrected chi connectivity index (χ4v) is 14.6. The number of pyridine rings is 1. The molecule has 1 heterocycles. The van der Waals surface area contributed by atoms with E-state index in [-0.39, 0.29) is 34.1 Å². The van der Waals surface area contributed by atoms with Gasteiger partial charge < -0.3 is 0 Å². The molecule has 0 aliphatic carbocycles. The van der Waals surface area contributed by atoms with E-state index in [2.05, 4.69) is 189 Å². The summed E-state index contributed by atoms with van der Waals surface area (Å²) in [4.78, 5) is 3.94. The van der Waals surface area contributed by atoms with Crippen LogP contribution in [0.5, 0.6) is 0 Å². The quantitative estimate of drug-likeness (QED) is 0.0520. The largest absolute Gasteiger partial charge is 0.416 e. The van der Waals surface area contributed by atoms with E-state index in [0.29, 0.717) is 66.1 Å². The van der Waals surface area contributed by atoms with Crippen molar-refractivity contribution in [2.45, 2.75) is 282 Å². The third-order valence-corrected chi connectivity index (χ3v) is 21.0. The summed E-state index contributed by atoms with van der Waals surface area (Å²) in [6, 6.07) is 74.8. The van der Waals surface area contributed by atoms with Crippen LogP contribution in [-0.4, -0.2) is 4.98 Å². The number of benzene rings is 11. The minimum Gasteiger partial charge on any atom is -0.258 e. The van der Waals surface area contributed by atoms with Gasteiger partial charge in [-0.1, -0.05) is 359 Å². The van der Waals surface area contributed by atoms with E-state index >= 15 is 0 Å². The Morgan fingerprint density at radius 1 is 0.229 bits per heavy atom. The van der Waals surface area contributed by atoms with Crippen LogP contribution >= 0.6 is 23.2 Å². The second-order valence-electron chi connectivity index (χ2n) is 41.5. The molecule has 0 aliphatic rings. The number of nitrogens with zero attached hydrogens (tertiary/aromatic N) is 1. The first-order chi connectivity index (χ1) is 67.2. The van der Waals surface area contributed by atoms with Gasteiger partial charge in [0, 0.05) is 10.7 Å². The van der Waals surface area contributed by atoms with Crippen LogP contribution in [0, 0.1) is 126 Å². The molecular formula is C125H161Cl2F16N. The van der Waals surface area contributed by atoms with Crippen LogP contribution in [0.4, 0.5) is 70.2 Å². The fourth-order valence-electron chi connectivity index (χ4n) is 14.2. The van der Waals surface area contributed by atoms with Crippen LogP contribution in [0.3, 0.4) is 0 Å². The maximum Gasteiger partial charge on any atom is 0.416 e. The molecule has 144 heavy (non-hydrogen) atoms. The van der Waals surface area contributed by atoms with Crippen molar-refractivity contribution in [3.63, 3.8) is 0 Å². The van der Waals surface area contributed by atoms with Crippen molar-refractivity contribution in [2.24, 2.45) is 71.0 Å². The molecule has 0 fully saturated rings. The molecule has 1 nitrogen and oxygen atoms in total. The summed E-state index contributed by atoms with van der Waals surface area (Å²) in [6.07, 6.45) is 1.28. The molecule has 11 aromatic carbocycles. The Kier molecular flexibility index (Phi) is 64.9. The standard InChI is InChI=1S/3C11H13F3.C11H15F.2C11H16.C10H12ClF.C10H13Cl.C10H12F2.2C10H13F.C9H12FN/c1-8(2)7-9-3-5-10(6-4-9)11(12,13)14;2*1-8(2)6-9-4-3-5-10(7-9)11(12,13)14;1-8(2)6-10-4-5-11(12)9(3)7-10;1-9(2)7-11-6-4-5-10(3)8-11;1-10(2)8-9-11-6-4-3-5-7-11;1-7(2)5-8-3-4-10(12)9(11)6-8;1-8(2)7-9-3-5-10(11)6-4-9;1-7(2)5-8-3-4-9(11)10(12)6-8;1-8(2)7-9-3-5-10(11)6-4-9;1-8(2)6-9-4-3-5-10(11)7-9;1-7(2)5-9-4-3-8(10)6-11-9/h3-6,8H,7H2,1-2H3;2*3-5,7-8H,6H2,1-2H3;4-5,7-8H,6H2,1-3H3;4-6,8-9H,7H2,1-3H3;3-7,10H,8-9H2,1-2H3;3-4,6-7H,5H2,1-2H3;3-6,8H,7H2,1-2H3;3-4,6-7H,5H2,1-2H3;3-6,8H,7H2,1-2H3;3-5,7-8H,6H2,1-2H3;3-4,6-7H,5H2,1-2H3. The Hall–Kier alpha value is -9.97. The third-order valence-electron chi connectivity index (χ3n) is 20.5. The van der Waals surface area contributed by atoms with E-state index in [1.807, 2.05) is 97.9 Å². The first kappa shape index (κ1) is 132. The van der Waals surface area contributed by atoms with Gasteiger partial charge in [-0.05, 0) is 338 Å². The Bertz CT molecular complexity index is 4990. The minimum atomic E-state index is -4.23. The molecule has 0 aliphatic heterocycles. The molecule has 0 spiro atoms. The van der Waals surface area contributed by atoms with Crippen molar-refractivity contribution < 1.29 is 70.2 Å². The number of rotatable bonds is 25. The molecule has 0 atom stereocenters. The number of alkyl halides is 9. The predicted molar refractivity (Wildman–Crippen MR) is 576 cm³/mol. The molecule has 0 unspecified atom stereocenters. The molecule has 1 aromatic heterocycles. The zero-order valence-electron chi connectivity index (χ0n) is 89.9. The van der Waals surface area contributed by atoms with Gasteiger partial charge in [0.2, 0.25) is 0 Å². The zero-order chi connectivity index (χ0) is 109. The topological polar surface area (TPSA) is 12.9 Å². The van der Waals surface area contributed by atoms with Crippen LogP contribution in [0.2, 0.25) is 10.0 Å². The number of hydrogen-bond acceptors (Lipinski definition) is 1. The lowest BCUT2D eigenvalue weighted by molar-refractivity contribution is -0.138. The maximum absolute atomic E-state index is 12.8. The van der Waals surface area contributed by atoms with Crippen LogP contribution in [-0.2, 0) is 95.6 Å². The van der Waals surface area contributed by atoms with E-state index in [4.69, 9.17) is 23.2 Å². The SMILES string of the molecule is CC(C)CCc1ccccc1.CC(C)Cc1ccc(C(F)(F)F)cc1.CC(C)Cc1ccc(Cl)cc1.CC(C)Cc1ccc(F)c(Cl)c1.CC(C)Cc1ccc(F)c(F)c1.CC(C)Cc1ccc(F)cc1.CC(C)Cc1ccc(F)cn1.CC(C)Cc1cccc(C(F)(F)F)c1.CC(C)Cc1cccc(C(F)(F)F)c1.CC(C)Cc1cccc(F)c1.Cc1cc(CC(C)C)ccc1F.Cc1cccc(CC(C)C)c1. The second-order valence-corrected chi connectivity index (χ2v) is 42.4. The zero-order valence-corrected chi connectivity index (χ0v) is 91.4. The van der Waals surface area contributed by atoms with Gasteiger partial charge in [-0.15, -0.1) is 0 Å². The van der Waals surface area contributed by atoms with Crippen LogP contribution in [0.1, 0.15) is 267 Å². The molecule has 12 aromatic rings. The summed E-state index contributed by atoms with van der Waals surface area (Å²) < 4.78 is 198. The lowest BCUT2D eigenvalue weighted by Crippen LogP contribution is -2.05. The molecule has 19 heteroatoms. The highest BCUT2D eigenvalue weighted by Gasteiger charge is 2.32. The lowest BCUT2D eigenvalue weighted by atomic mass is 10.0. The van der Waals surface area contributed by atoms with Gasteiger partial charge in [0.1, 0.15) is 29.1 Å². The first-order valence-corrected chi connectivity index (χ1v) is 51.0. The van der Waals surface area contributed by atoms with Crippen molar-refractivity contribution in [3.8, 4) is 0 Å². The highest BCUT2D eigenvalue weighted by molar-refractivity contribution is 6.31. The molecule has 0 N–H and O–H groups in total. The normalized spacial score (nSPS) is 11.1. The lowest BCUT2D eigenvalue weighted by Gasteiger charge is -2.09. The van der Waals surface area contributed by atoms with E-state index < -0.39 is 46.9 Å². The van der Waals surface area contributed by atoms with E-state index in [9.17, 15) is 70.2 Å². The molecule has 0 amide bonds. The summed E-state index contributed by atoms with van der Waals surface area (Å²) in [5, 5.41) is 1.03.